The van der Waals surface area contributed by atoms with Crippen molar-refractivity contribution in [3.05, 3.63) is 42.1 Å². The van der Waals surface area contributed by atoms with Gasteiger partial charge in [-0.15, -0.1) is 0 Å². The molecule has 0 N–H and O–H groups in total. The molecule has 1 aromatic carbocycles. The normalized spacial score (nSPS) is 22.6. The summed E-state index contributed by atoms with van der Waals surface area (Å²) in [7, 11) is -1.50. The number of rotatable bonds is 4. The van der Waals surface area contributed by atoms with Crippen LogP contribution < -0.4 is 14.4 Å². The number of likely N-dealkylation sites (N-methyl/N-ethyl adjacent to an activating group) is 1. The van der Waals surface area contributed by atoms with Crippen molar-refractivity contribution >= 4 is 15.8 Å². The second kappa shape index (κ2) is 8.29. The van der Waals surface area contributed by atoms with Gasteiger partial charge in [0.2, 0.25) is 10.0 Å². The monoisotopic (exact) mass is 444 g/mol. The Morgan fingerprint density at radius 2 is 1.74 bits per heavy atom. The number of piperazine rings is 1. The van der Waals surface area contributed by atoms with E-state index in [-0.39, 0.29) is 10.9 Å². The van der Waals surface area contributed by atoms with E-state index in [2.05, 4.69) is 26.9 Å². The standard InChI is InChI=1S/C22H28N4O4S/c1-24-9-11-25(12-10-24)31(27,28)18-5-7-22(23-16-18)26-8-2-3-19(26)17-4-6-20-21(15-17)30-14-13-29-20/h4-7,15-16,19H,2-3,8-14H2,1H3. The van der Waals surface area contributed by atoms with Crippen LogP contribution in [0.15, 0.2) is 41.4 Å². The van der Waals surface area contributed by atoms with Crippen molar-refractivity contribution in [3.8, 4) is 11.5 Å². The van der Waals surface area contributed by atoms with Crippen LogP contribution in [-0.4, -0.2) is 75.6 Å². The molecular formula is C22H28N4O4S. The maximum absolute atomic E-state index is 13.0. The summed E-state index contributed by atoms with van der Waals surface area (Å²) in [5.74, 6) is 2.38. The highest BCUT2D eigenvalue weighted by molar-refractivity contribution is 7.89. The molecule has 3 aliphatic heterocycles. The molecule has 5 rings (SSSR count). The van der Waals surface area contributed by atoms with E-state index in [0.717, 1.165) is 55.4 Å². The number of benzene rings is 1. The van der Waals surface area contributed by atoms with E-state index in [1.807, 2.05) is 19.2 Å². The van der Waals surface area contributed by atoms with Gasteiger partial charge in [-0.2, -0.15) is 4.31 Å². The number of nitrogens with zero attached hydrogens (tertiary/aromatic N) is 4. The molecule has 2 saturated heterocycles. The van der Waals surface area contributed by atoms with Crippen molar-refractivity contribution in [3.63, 3.8) is 0 Å². The Kier molecular flexibility index (Phi) is 5.49. The Balaban J connectivity index is 1.35. The van der Waals surface area contributed by atoms with Gasteiger partial charge in [0, 0.05) is 38.9 Å². The first-order valence-electron chi connectivity index (χ1n) is 10.8. The summed E-state index contributed by atoms with van der Waals surface area (Å²) in [6, 6.07) is 9.82. The maximum atomic E-state index is 13.0. The number of anilines is 1. The Hall–Kier alpha value is -2.36. The van der Waals surface area contributed by atoms with Gasteiger partial charge in [-0.3, -0.25) is 0 Å². The summed E-state index contributed by atoms with van der Waals surface area (Å²) in [4.78, 5) is 9.20. The zero-order valence-electron chi connectivity index (χ0n) is 17.7. The van der Waals surface area contributed by atoms with E-state index in [1.54, 1.807) is 10.4 Å². The number of aromatic nitrogens is 1. The third kappa shape index (κ3) is 3.97. The van der Waals surface area contributed by atoms with Crippen molar-refractivity contribution in [2.75, 3.05) is 57.9 Å². The predicted molar refractivity (Wildman–Crippen MR) is 117 cm³/mol. The number of hydrogen-bond acceptors (Lipinski definition) is 7. The molecule has 2 aromatic rings. The molecule has 1 aromatic heterocycles. The van der Waals surface area contributed by atoms with Crippen LogP contribution in [0.25, 0.3) is 0 Å². The number of ether oxygens (including phenoxy) is 2. The largest absolute Gasteiger partial charge is 0.486 e. The smallest absolute Gasteiger partial charge is 0.244 e. The van der Waals surface area contributed by atoms with Crippen molar-refractivity contribution in [2.45, 2.75) is 23.8 Å². The highest BCUT2D eigenvalue weighted by Crippen LogP contribution is 2.39. The minimum atomic E-state index is -3.51. The molecule has 1 atom stereocenters. The van der Waals surface area contributed by atoms with Gasteiger partial charge in [0.05, 0.1) is 6.04 Å². The number of sulfonamides is 1. The lowest BCUT2D eigenvalue weighted by Gasteiger charge is -2.31. The van der Waals surface area contributed by atoms with Gasteiger partial charge in [0.25, 0.3) is 0 Å². The zero-order valence-corrected chi connectivity index (χ0v) is 18.6. The molecule has 31 heavy (non-hydrogen) atoms. The van der Waals surface area contributed by atoms with Crippen LogP contribution >= 0.6 is 0 Å². The molecule has 0 amide bonds. The highest BCUT2D eigenvalue weighted by Gasteiger charge is 2.30. The molecule has 0 radical (unpaired) electrons. The Morgan fingerprint density at radius 3 is 2.48 bits per heavy atom. The first-order valence-corrected chi connectivity index (χ1v) is 12.3. The lowest BCUT2D eigenvalue weighted by atomic mass is 10.0. The second-order valence-electron chi connectivity index (χ2n) is 8.31. The molecule has 9 heteroatoms. The van der Waals surface area contributed by atoms with Crippen molar-refractivity contribution in [1.82, 2.24) is 14.2 Å². The van der Waals surface area contributed by atoms with Crippen molar-refractivity contribution < 1.29 is 17.9 Å². The molecule has 166 valence electrons. The highest BCUT2D eigenvalue weighted by atomic mass is 32.2. The fourth-order valence-corrected chi connectivity index (χ4v) is 5.90. The molecule has 8 nitrogen and oxygen atoms in total. The molecule has 3 aliphatic rings. The molecule has 4 heterocycles. The molecule has 2 fully saturated rings. The van der Waals surface area contributed by atoms with E-state index in [9.17, 15) is 8.42 Å². The number of pyridine rings is 1. The van der Waals surface area contributed by atoms with E-state index in [0.29, 0.717) is 26.3 Å². The molecular weight excluding hydrogens is 416 g/mol. The Labute approximate surface area is 183 Å². The van der Waals surface area contributed by atoms with Crippen molar-refractivity contribution in [2.24, 2.45) is 0 Å². The van der Waals surface area contributed by atoms with Crippen LogP contribution in [0.5, 0.6) is 11.5 Å². The van der Waals surface area contributed by atoms with Crippen LogP contribution in [0.1, 0.15) is 24.4 Å². The van der Waals surface area contributed by atoms with Crippen LogP contribution in [0.2, 0.25) is 0 Å². The average molecular weight is 445 g/mol. The fraction of sp³-hybridized carbons (Fsp3) is 0.500. The summed E-state index contributed by atoms with van der Waals surface area (Å²) >= 11 is 0. The quantitative estimate of drug-likeness (QED) is 0.715. The van der Waals surface area contributed by atoms with Crippen LogP contribution in [0.3, 0.4) is 0 Å². The van der Waals surface area contributed by atoms with Gasteiger partial charge in [0.15, 0.2) is 11.5 Å². The molecule has 0 aliphatic carbocycles. The predicted octanol–water partition coefficient (Wildman–Crippen LogP) is 2.13. The molecule has 1 unspecified atom stereocenters. The summed E-state index contributed by atoms with van der Waals surface area (Å²) in [5.41, 5.74) is 1.16. The Morgan fingerprint density at radius 1 is 0.968 bits per heavy atom. The second-order valence-corrected chi connectivity index (χ2v) is 10.3. The first-order chi connectivity index (χ1) is 15.0. The molecule has 0 spiro atoms. The first kappa shape index (κ1) is 20.5. The minimum Gasteiger partial charge on any atom is -0.486 e. The van der Waals surface area contributed by atoms with Gasteiger partial charge in [-0.05, 0) is 49.7 Å². The van der Waals surface area contributed by atoms with Crippen LogP contribution in [0.4, 0.5) is 5.82 Å². The zero-order chi connectivity index (χ0) is 21.4. The van der Waals surface area contributed by atoms with Gasteiger partial charge < -0.3 is 19.3 Å². The molecule has 0 saturated carbocycles. The molecule has 0 bridgehead atoms. The number of fused-ring (bicyclic) bond motifs is 1. The van der Waals surface area contributed by atoms with Gasteiger partial charge in [-0.25, -0.2) is 13.4 Å². The summed E-state index contributed by atoms with van der Waals surface area (Å²) in [6.45, 7) is 4.55. The van der Waals surface area contributed by atoms with E-state index >= 15 is 0 Å². The van der Waals surface area contributed by atoms with Gasteiger partial charge in [-0.1, -0.05) is 6.07 Å². The maximum Gasteiger partial charge on any atom is 0.244 e. The van der Waals surface area contributed by atoms with Gasteiger partial charge in [0.1, 0.15) is 23.9 Å². The minimum absolute atomic E-state index is 0.184. The lowest BCUT2D eigenvalue weighted by Crippen LogP contribution is -2.47. The average Bonchev–Trinajstić information content (AvgIpc) is 3.29. The van der Waals surface area contributed by atoms with Crippen LogP contribution in [0, 0.1) is 0 Å². The third-order valence-corrected chi connectivity index (χ3v) is 8.20. The number of hydrogen-bond donors (Lipinski definition) is 0. The van der Waals surface area contributed by atoms with E-state index in [1.165, 1.54) is 6.20 Å². The van der Waals surface area contributed by atoms with Gasteiger partial charge >= 0.3 is 0 Å². The van der Waals surface area contributed by atoms with Crippen molar-refractivity contribution in [1.29, 1.82) is 0 Å². The van der Waals surface area contributed by atoms with E-state index < -0.39 is 10.0 Å². The SMILES string of the molecule is CN1CCN(S(=O)(=O)c2ccc(N3CCCC3c3ccc4c(c3)OCCO4)nc2)CC1. The Bertz CT molecular complexity index is 1040. The summed E-state index contributed by atoms with van der Waals surface area (Å²) in [5, 5.41) is 0. The third-order valence-electron chi connectivity index (χ3n) is 6.32. The fourth-order valence-electron chi connectivity index (χ4n) is 4.53. The topological polar surface area (TPSA) is 75.2 Å². The summed E-state index contributed by atoms with van der Waals surface area (Å²) in [6.07, 6.45) is 3.58. The summed E-state index contributed by atoms with van der Waals surface area (Å²) < 4.78 is 38.9. The lowest BCUT2D eigenvalue weighted by molar-refractivity contribution is 0.171. The van der Waals surface area contributed by atoms with Crippen LogP contribution in [-0.2, 0) is 10.0 Å². The van der Waals surface area contributed by atoms with E-state index in [4.69, 9.17) is 9.47 Å².